The highest BCUT2D eigenvalue weighted by molar-refractivity contribution is 9.10. The average molecular weight is 316 g/mol. The summed E-state index contributed by atoms with van der Waals surface area (Å²) < 4.78 is 5.81. The first-order chi connectivity index (χ1) is 8.52. The van der Waals surface area contributed by atoms with E-state index >= 15 is 0 Å². The van der Waals surface area contributed by atoms with Crippen LogP contribution in [0.2, 0.25) is 0 Å². The molecule has 1 atom stereocenters. The number of aliphatic hydroxyl groups excluding tert-OH is 1. The van der Waals surface area contributed by atoms with Crippen LogP contribution >= 0.6 is 15.9 Å². The van der Waals surface area contributed by atoms with Gasteiger partial charge in [0.15, 0.2) is 0 Å². The molecule has 1 aromatic rings. The third-order valence-corrected chi connectivity index (χ3v) is 3.07. The maximum absolute atomic E-state index is 11.9. The van der Waals surface area contributed by atoms with Crippen molar-refractivity contribution in [3.05, 3.63) is 34.3 Å². The van der Waals surface area contributed by atoms with E-state index in [1.165, 1.54) is 12.0 Å². The molecule has 0 bridgehead atoms. The Labute approximate surface area is 116 Å². The van der Waals surface area contributed by atoms with Crippen molar-refractivity contribution < 1.29 is 14.6 Å². The van der Waals surface area contributed by atoms with Crippen molar-refractivity contribution in [1.29, 1.82) is 0 Å². The Morgan fingerprint density at radius 2 is 2.06 bits per heavy atom. The highest BCUT2D eigenvalue weighted by Gasteiger charge is 2.13. The number of amides is 1. The molecule has 1 aromatic carbocycles. The molecule has 0 saturated carbocycles. The molecule has 0 saturated heterocycles. The maximum Gasteiger partial charge on any atom is 0.226 e. The van der Waals surface area contributed by atoms with Crippen LogP contribution in [-0.2, 0) is 16.0 Å². The van der Waals surface area contributed by atoms with E-state index in [2.05, 4.69) is 15.9 Å². The quantitative estimate of drug-likeness (QED) is 0.864. The van der Waals surface area contributed by atoms with Gasteiger partial charge < -0.3 is 14.7 Å². The van der Waals surface area contributed by atoms with Crippen molar-refractivity contribution >= 4 is 21.8 Å². The lowest BCUT2D eigenvalue weighted by Gasteiger charge is -2.20. The van der Waals surface area contributed by atoms with Crippen molar-refractivity contribution in [1.82, 2.24) is 4.90 Å². The van der Waals surface area contributed by atoms with Gasteiger partial charge in [0.2, 0.25) is 5.91 Å². The molecule has 18 heavy (non-hydrogen) atoms. The Bertz CT molecular complexity index is 380. The number of carbonyl (C=O) groups is 1. The second-order valence-electron chi connectivity index (χ2n) is 4.19. The monoisotopic (exact) mass is 315 g/mol. The highest BCUT2D eigenvalue weighted by Crippen LogP contribution is 2.11. The third kappa shape index (κ3) is 5.16. The van der Waals surface area contributed by atoms with Gasteiger partial charge >= 0.3 is 0 Å². The Kier molecular flexibility index (Phi) is 6.32. The normalized spacial score (nSPS) is 12.2. The molecule has 0 spiro atoms. The van der Waals surface area contributed by atoms with Gasteiger partial charge in [-0.2, -0.15) is 0 Å². The Balaban J connectivity index is 2.46. The smallest absolute Gasteiger partial charge is 0.226 e. The number of nitrogens with zero attached hydrogens (tertiary/aromatic N) is 1. The number of rotatable bonds is 6. The zero-order valence-electron chi connectivity index (χ0n) is 10.6. The largest absolute Gasteiger partial charge is 0.389 e. The second kappa shape index (κ2) is 7.51. The van der Waals surface area contributed by atoms with Gasteiger partial charge in [-0.1, -0.05) is 28.1 Å². The highest BCUT2D eigenvalue weighted by atomic mass is 79.9. The minimum atomic E-state index is -0.645. The lowest BCUT2D eigenvalue weighted by molar-refractivity contribution is -0.130. The van der Waals surface area contributed by atoms with E-state index in [4.69, 9.17) is 4.74 Å². The van der Waals surface area contributed by atoms with Gasteiger partial charge in [-0.25, -0.2) is 0 Å². The number of aliphatic hydroxyl groups is 1. The Morgan fingerprint density at radius 1 is 1.44 bits per heavy atom. The van der Waals surface area contributed by atoms with E-state index in [1.54, 1.807) is 7.05 Å². The van der Waals surface area contributed by atoms with Gasteiger partial charge in [0.1, 0.15) is 0 Å². The summed E-state index contributed by atoms with van der Waals surface area (Å²) in [5, 5.41) is 9.55. The summed E-state index contributed by atoms with van der Waals surface area (Å²) in [5.41, 5.74) is 0.955. The zero-order chi connectivity index (χ0) is 13.5. The molecule has 4 nitrogen and oxygen atoms in total. The molecule has 100 valence electrons. The molecule has 0 aromatic heterocycles. The summed E-state index contributed by atoms with van der Waals surface area (Å²) in [5.74, 6) is -0.0209. The average Bonchev–Trinajstić information content (AvgIpc) is 2.32. The van der Waals surface area contributed by atoms with Crippen LogP contribution in [0.3, 0.4) is 0 Å². The van der Waals surface area contributed by atoms with Crippen LogP contribution in [0, 0.1) is 0 Å². The summed E-state index contributed by atoms with van der Waals surface area (Å²) in [6.07, 6.45) is -0.308. The molecular formula is C13H18BrNO3. The fourth-order valence-electron chi connectivity index (χ4n) is 1.57. The fourth-order valence-corrected chi connectivity index (χ4v) is 1.84. The fraction of sp³-hybridized carbons (Fsp3) is 0.462. The van der Waals surface area contributed by atoms with E-state index in [0.29, 0.717) is 6.42 Å². The van der Waals surface area contributed by atoms with E-state index < -0.39 is 6.10 Å². The van der Waals surface area contributed by atoms with Crippen LogP contribution in [0.4, 0.5) is 0 Å². The molecule has 0 aliphatic heterocycles. The number of benzene rings is 1. The van der Waals surface area contributed by atoms with Crippen molar-refractivity contribution in [2.24, 2.45) is 0 Å². The SMILES string of the molecule is COCC(O)CN(C)C(=O)Cc1ccc(Br)cc1. The number of hydrogen-bond acceptors (Lipinski definition) is 3. The predicted molar refractivity (Wildman–Crippen MR) is 73.4 cm³/mol. The number of ether oxygens (including phenoxy) is 1. The molecule has 1 N–H and O–H groups in total. The second-order valence-corrected chi connectivity index (χ2v) is 5.10. The van der Waals surface area contributed by atoms with Gasteiger partial charge in [0, 0.05) is 25.2 Å². The van der Waals surface area contributed by atoms with Crippen LogP contribution in [0.25, 0.3) is 0 Å². The van der Waals surface area contributed by atoms with Crippen LogP contribution < -0.4 is 0 Å². The van der Waals surface area contributed by atoms with Crippen LogP contribution in [0.5, 0.6) is 0 Å². The summed E-state index contributed by atoms with van der Waals surface area (Å²) >= 11 is 3.35. The molecule has 5 heteroatoms. The molecular weight excluding hydrogens is 298 g/mol. The minimum Gasteiger partial charge on any atom is -0.389 e. The van der Waals surface area contributed by atoms with Crippen molar-refractivity contribution in [2.75, 3.05) is 27.3 Å². The van der Waals surface area contributed by atoms with Gasteiger partial charge in [-0.3, -0.25) is 4.79 Å². The van der Waals surface area contributed by atoms with Gasteiger partial charge in [0.05, 0.1) is 19.1 Å². The summed E-state index contributed by atoms with van der Waals surface area (Å²) in [6, 6.07) is 7.62. The van der Waals surface area contributed by atoms with Gasteiger partial charge in [0.25, 0.3) is 0 Å². The first kappa shape index (κ1) is 15.1. The van der Waals surface area contributed by atoms with E-state index in [0.717, 1.165) is 10.0 Å². The van der Waals surface area contributed by atoms with E-state index in [-0.39, 0.29) is 19.1 Å². The van der Waals surface area contributed by atoms with Gasteiger partial charge in [-0.15, -0.1) is 0 Å². The maximum atomic E-state index is 11.9. The molecule has 0 heterocycles. The first-order valence-corrected chi connectivity index (χ1v) is 6.47. The van der Waals surface area contributed by atoms with Crippen molar-refractivity contribution in [3.8, 4) is 0 Å². The minimum absolute atomic E-state index is 0.0209. The van der Waals surface area contributed by atoms with Crippen LogP contribution in [0.15, 0.2) is 28.7 Å². The van der Waals surface area contributed by atoms with E-state index in [1.807, 2.05) is 24.3 Å². The number of hydrogen-bond donors (Lipinski definition) is 1. The van der Waals surface area contributed by atoms with Crippen molar-refractivity contribution in [3.63, 3.8) is 0 Å². The number of methoxy groups -OCH3 is 1. The molecule has 0 aliphatic carbocycles. The first-order valence-electron chi connectivity index (χ1n) is 5.68. The molecule has 0 aliphatic rings. The third-order valence-electron chi connectivity index (χ3n) is 2.54. The number of halogens is 1. The summed E-state index contributed by atoms with van der Waals surface area (Å²) in [6.45, 7) is 0.513. The molecule has 1 amide bonds. The van der Waals surface area contributed by atoms with E-state index in [9.17, 15) is 9.90 Å². The number of carbonyl (C=O) groups excluding carboxylic acids is 1. The zero-order valence-corrected chi connectivity index (χ0v) is 12.2. The Morgan fingerprint density at radius 3 is 2.61 bits per heavy atom. The molecule has 1 rings (SSSR count). The predicted octanol–water partition coefficient (Wildman–Crippen LogP) is 1.46. The summed E-state index contributed by atoms with van der Waals surface area (Å²) in [4.78, 5) is 13.4. The summed E-state index contributed by atoms with van der Waals surface area (Å²) in [7, 11) is 3.20. The van der Waals surface area contributed by atoms with Crippen molar-refractivity contribution in [2.45, 2.75) is 12.5 Å². The van der Waals surface area contributed by atoms with Crippen LogP contribution in [0.1, 0.15) is 5.56 Å². The lowest BCUT2D eigenvalue weighted by atomic mass is 10.1. The molecule has 0 radical (unpaired) electrons. The Hall–Kier alpha value is -0.910. The standard InChI is InChI=1S/C13H18BrNO3/c1-15(8-12(16)9-18-2)13(17)7-10-3-5-11(14)6-4-10/h3-6,12,16H,7-9H2,1-2H3. The molecule has 1 unspecified atom stereocenters. The number of likely N-dealkylation sites (N-methyl/N-ethyl adjacent to an activating group) is 1. The molecule has 0 fully saturated rings. The topological polar surface area (TPSA) is 49.8 Å². The lowest BCUT2D eigenvalue weighted by Crippen LogP contribution is -2.37. The van der Waals surface area contributed by atoms with Crippen LogP contribution in [-0.4, -0.2) is 49.3 Å². The van der Waals surface area contributed by atoms with Gasteiger partial charge in [-0.05, 0) is 17.7 Å².